The number of aryl methyl sites for hydroxylation is 1. The van der Waals surface area contributed by atoms with Crippen molar-refractivity contribution in [2.45, 2.75) is 38.2 Å². The van der Waals surface area contributed by atoms with E-state index < -0.39 is 0 Å². The van der Waals surface area contributed by atoms with Crippen LogP contribution in [0.2, 0.25) is 0 Å². The third kappa shape index (κ3) is 4.04. The lowest BCUT2D eigenvalue weighted by atomic mass is 10.1. The highest BCUT2D eigenvalue weighted by molar-refractivity contribution is 8.00. The molecular weight excluding hydrogens is 310 g/mol. The normalized spacial score (nSPS) is 20.7. The molecule has 1 fully saturated rings. The fourth-order valence-corrected chi connectivity index (χ4v) is 4.04. The van der Waals surface area contributed by atoms with Gasteiger partial charge in [-0.2, -0.15) is 5.26 Å². The van der Waals surface area contributed by atoms with Gasteiger partial charge in [0.25, 0.3) is 0 Å². The lowest BCUT2D eigenvalue weighted by Crippen LogP contribution is -2.37. The van der Waals surface area contributed by atoms with E-state index in [9.17, 15) is 4.79 Å². The van der Waals surface area contributed by atoms with Crippen molar-refractivity contribution in [3.8, 4) is 6.07 Å². The maximum atomic E-state index is 12.5. The van der Waals surface area contributed by atoms with Gasteiger partial charge in [0.15, 0.2) is 0 Å². The molecule has 2 aliphatic rings. The fraction of sp³-hybridized carbons (Fsp3) is 0.588. The summed E-state index contributed by atoms with van der Waals surface area (Å²) in [5, 5.41) is 8.95. The number of carbonyl (C=O) groups excluding carboxylic acids is 1. The van der Waals surface area contributed by atoms with Gasteiger partial charge in [-0.25, -0.2) is 4.98 Å². The van der Waals surface area contributed by atoms with Crippen molar-refractivity contribution >= 4 is 23.4 Å². The van der Waals surface area contributed by atoms with E-state index in [2.05, 4.69) is 11.1 Å². The number of carbonyl (C=O) groups is 1. The average molecular weight is 331 g/mol. The summed E-state index contributed by atoms with van der Waals surface area (Å²) in [6, 6.07) is 5.60. The van der Waals surface area contributed by atoms with Crippen LogP contribution in [0.1, 0.15) is 37.1 Å². The number of hydrogen-bond acceptors (Lipinski definition) is 5. The molecule has 0 aromatic carbocycles. The van der Waals surface area contributed by atoms with Crippen molar-refractivity contribution in [1.29, 1.82) is 5.26 Å². The molecule has 6 heteroatoms. The molecule has 1 saturated heterocycles. The number of thioether (sulfide) groups is 1. The summed E-state index contributed by atoms with van der Waals surface area (Å²) in [4.78, 5) is 18.7. The van der Waals surface area contributed by atoms with Crippen LogP contribution in [0.25, 0.3) is 0 Å². The SMILES string of the molecule is N#Cc1ccc2c(n1)CCCN2C(=O)CSCC1CCCCO1. The lowest BCUT2D eigenvalue weighted by molar-refractivity contribution is -0.116. The molecule has 0 saturated carbocycles. The Labute approximate surface area is 141 Å². The first kappa shape index (κ1) is 16.3. The number of ether oxygens (including phenoxy) is 1. The number of anilines is 1. The van der Waals surface area contributed by atoms with Crippen LogP contribution in [0.15, 0.2) is 12.1 Å². The minimum atomic E-state index is 0.123. The van der Waals surface area contributed by atoms with Crippen LogP contribution in [0, 0.1) is 11.3 Å². The summed E-state index contributed by atoms with van der Waals surface area (Å²) in [7, 11) is 0. The Bertz CT molecular complexity index is 608. The Morgan fingerprint density at radius 1 is 1.43 bits per heavy atom. The number of rotatable bonds is 4. The molecular formula is C17H21N3O2S. The largest absolute Gasteiger partial charge is 0.377 e. The van der Waals surface area contributed by atoms with Gasteiger partial charge in [0.2, 0.25) is 5.91 Å². The van der Waals surface area contributed by atoms with Crippen molar-refractivity contribution in [2.24, 2.45) is 0 Å². The van der Waals surface area contributed by atoms with Crippen LogP contribution < -0.4 is 4.90 Å². The second-order valence-corrected chi connectivity index (χ2v) is 6.96. The van der Waals surface area contributed by atoms with E-state index >= 15 is 0 Å². The second kappa shape index (κ2) is 7.80. The molecule has 1 aromatic heterocycles. The van der Waals surface area contributed by atoms with E-state index in [1.54, 1.807) is 17.8 Å². The van der Waals surface area contributed by atoms with Crippen molar-refractivity contribution < 1.29 is 9.53 Å². The molecule has 1 unspecified atom stereocenters. The number of amides is 1. The third-order valence-corrected chi connectivity index (χ3v) is 5.31. The minimum Gasteiger partial charge on any atom is -0.377 e. The molecule has 1 aromatic rings. The van der Waals surface area contributed by atoms with E-state index in [0.717, 1.165) is 56.0 Å². The van der Waals surface area contributed by atoms with Gasteiger partial charge in [-0.3, -0.25) is 4.79 Å². The van der Waals surface area contributed by atoms with Crippen LogP contribution in [0.5, 0.6) is 0 Å². The molecule has 0 radical (unpaired) electrons. The van der Waals surface area contributed by atoms with E-state index in [0.29, 0.717) is 17.6 Å². The summed E-state index contributed by atoms with van der Waals surface area (Å²) in [6.45, 7) is 1.59. The predicted molar refractivity (Wildman–Crippen MR) is 90.5 cm³/mol. The molecule has 3 rings (SSSR count). The third-order valence-electron chi connectivity index (χ3n) is 4.26. The maximum Gasteiger partial charge on any atom is 0.237 e. The average Bonchev–Trinajstić information content (AvgIpc) is 2.61. The smallest absolute Gasteiger partial charge is 0.237 e. The number of pyridine rings is 1. The van der Waals surface area contributed by atoms with Crippen molar-refractivity contribution in [3.63, 3.8) is 0 Å². The molecule has 23 heavy (non-hydrogen) atoms. The monoisotopic (exact) mass is 331 g/mol. The molecule has 0 spiro atoms. The van der Waals surface area contributed by atoms with Crippen molar-refractivity contribution in [2.75, 3.05) is 29.6 Å². The van der Waals surface area contributed by atoms with Gasteiger partial charge < -0.3 is 9.64 Å². The Morgan fingerprint density at radius 3 is 3.13 bits per heavy atom. The maximum absolute atomic E-state index is 12.5. The summed E-state index contributed by atoms with van der Waals surface area (Å²) < 4.78 is 5.70. The molecule has 3 heterocycles. The van der Waals surface area contributed by atoms with Crippen LogP contribution >= 0.6 is 11.8 Å². The Kier molecular flexibility index (Phi) is 5.52. The zero-order valence-electron chi connectivity index (χ0n) is 13.2. The van der Waals surface area contributed by atoms with Crippen molar-refractivity contribution in [3.05, 3.63) is 23.5 Å². The van der Waals surface area contributed by atoms with Gasteiger partial charge in [0.1, 0.15) is 11.8 Å². The fourth-order valence-electron chi connectivity index (χ4n) is 3.06. The number of fused-ring (bicyclic) bond motifs is 1. The van der Waals surface area contributed by atoms with Crippen LogP contribution in [-0.4, -0.2) is 41.7 Å². The number of hydrogen-bond donors (Lipinski definition) is 0. The van der Waals surface area contributed by atoms with Crippen LogP contribution in [0.3, 0.4) is 0 Å². The van der Waals surface area contributed by atoms with E-state index in [-0.39, 0.29) is 5.91 Å². The summed E-state index contributed by atoms with van der Waals surface area (Å²) in [5.74, 6) is 1.48. The highest BCUT2D eigenvalue weighted by Gasteiger charge is 2.24. The molecule has 0 N–H and O–H groups in total. The molecule has 1 amide bonds. The van der Waals surface area contributed by atoms with E-state index in [1.165, 1.54) is 6.42 Å². The zero-order chi connectivity index (χ0) is 16.1. The molecule has 122 valence electrons. The molecule has 1 atom stereocenters. The van der Waals surface area contributed by atoms with Gasteiger partial charge in [-0.1, -0.05) is 0 Å². The standard InChI is InChI=1S/C17H21N3O2S/c18-10-13-6-7-16-15(19-13)5-3-8-20(16)17(21)12-23-11-14-4-1-2-9-22-14/h6-7,14H,1-5,8-9,11-12H2. The van der Waals surface area contributed by atoms with E-state index in [4.69, 9.17) is 10.00 Å². The summed E-state index contributed by atoms with van der Waals surface area (Å²) in [5.41, 5.74) is 2.15. The second-order valence-electron chi connectivity index (χ2n) is 5.93. The Balaban J connectivity index is 1.57. The highest BCUT2D eigenvalue weighted by atomic mass is 32.2. The summed E-state index contributed by atoms with van der Waals surface area (Å²) in [6.07, 6.45) is 5.52. The number of nitriles is 1. The van der Waals surface area contributed by atoms with Crippen LogP contribution in [0.4, 0.5) is 5.69 Å². The lowest BCUT2D eigenvalue weighted by Gasteiger charge is -2.29. The molecule has 0 aliphatic carbocycles. The summed E-state index contributed by atoms with van der Waals surface area (Å²) >= 11 is 1.65. The van der Waals surface area contributed by atoms with Gasteiger partial charge >= 0.3 is 0 Å². The first-order chi connectivity index (χ1) is 11.3. The predicted octanol–water partition coefficient (Wildman–Crippen LogP) is 2.53. The Hall–Kier alpha value is -1.58. The highest BCUT2D eigenvalue weighted by Crippen LogP contribution is 2.27. The van der Waals surface area contributed by atoms with Crippen LogP contribution in [-0.2, 0) is 16.0 Å². The molecule has 2 aliphatic heterocycles. The first-order valence-electron chi connectivity index (χ1n) is 8.17. The van der Waals surface area contributed by atoms with Gasteiger partial charge in [-0.05, 0) is 44.2 Å². The van der Waals surface area contributed by atoms with Crippen molar-refractivity contribution in [1.82, 2.24) is 4.98 Å². The molecule has 5 nitrogen and oxygen atoms in total. The Morgan fingerprint density at radius 2 is 2.35 bits per heavy atom. The van der Waals surface area contributed by atoms with E-state index in [1.807, 2.05) is 11.0 Å². The van der Waals surface area contributed by atoms with Gasteiger partial charge in [0, 0.05) is 18.9 Å². The quantitative estimate of drug-likeness (QED) is 0.848. The molecule has 0 bridgehead atoms. The van der Waals surface area contributed by atoms with Gasteiger partial charge in [-0.15, -0.1) is 11.8 Å². The number of aromatic nitrogens is 1. The first-order valence-corrected chi connectivity index (χ1v) is 9.33. The minimum absolute atomic E-state index is 0.123. The topological polar surface area (TPSA) is 66.2 Å². The number of nitrogens with zero attached hydrogens (tertiary/aromatic N) is 3. The zero-order valence-corrected chi connectivity index (χ0v) is 14.0. The van der Waals surface area contributed by atoms with Gasteiger partial charge in [0.05, 0.1) is 23.2 Å².